The predicted octanol–water partition coefficient (Wildman–Crippen LogP) is 3.87. The molecule has 2 aromatic rings. The molecular weight excluding hydrogens is 422 g/mol. The lowest BCUT2D eigenvalue weighted by molar-refractivity contribution is -0.125. The molecule has 1 aromatic heterocycles. The van der Waals surface area contributed by atoms with Crippen LogP contribution in [0.5, 0.6) is 0 Å². The monoisotopic (exact) mass is 455 g/mol. The van der Waals surface area contributed by atoms with Gasteiger partial charge in [-0.1, -0.05) is 37.6 Å². The zero-order chi connectivity index (χ0) is 23.3. The fraction of sp³-hybridized carbons (Fsp3) is 0.480. The minimum Gasteiger partial charge on any atom is -0.352 e. The molecule has 0 radical (unpaired) electrons. The van der Waals surface area contributed by atoms with Gasteiger partial charge in [0, 0.05) is 24.7 Å². The van der Waals surface area contributed by atoms with Crippen molar-refractivity contribution in [1.82, 2.24) is 15.5 Å². The van der Waals surface area contributed by atoms with Gasteiger partial charge < -0.3 is 15.5 Å². The Labute approximate surface area is 194 Å². The number of amides is 3. The maximum Gasteiger partial charge on any atom is 0.262 e. The van der Waals surface area contributed by atoms with Crippen LogP contribution in [0.3, 0.4) is 0 Å². The number of hydrogen-bond donors (Lipinski definition) is 2. The van der Waals surface area contributed by atoms with Gasteiger partial charge in [0.05, 0.1) is 4.88 Å². The molecule has 1 aliphatic heterocycles. The molecule has 172 valence electrons. The van der Waals surface area contributed by atoms with Crippen molar-refractivity contribution in [3.8, 4) is 0 Å². The lowest BCUT2D eigenvalue weighted by Gasteiger charge is -2.36. The maximum atomic E-state index is 13.1. The third-order valence-corrected chi connectivity index (χ3v) is 7.15. The van der Waals surface area contributed by atoms with Gasteiger partial charge in [0.2, 0.25) is 5.91 Å². The molecule has 0 bridgehead atoms. The molecule has 2 heterocycles. The summed E-state index contributed by atoms with van der Waals surface area (Å²) in [5, 5.41) is 7.88. The number of piperidine rings is 1. The van der Waals surface area contributed by atoms with Crippen LogP contribution in [0.1, 0.15) is 59.2 Å². The third kappa shape index (κ3) is 5.97. The Kier molecular flexibility index (Phi) is 8.07. The summed E-state index contributed by atoms with van der Waals surface area (Å²) >= 11 is 1.36. The first kappa shape index (κ1) is 24.0. The van der Waals surface area contributed by atoms with E-state index in [1.54, 1.807) is 6.07 Å². The summed E-state index contributed by atoms with van der Waals surface area (Å²) in [5.41, 5.74) is 1.80. The molecule has 1 fully saturated rings. The zero-order valence-electron chi connectivity index (χ0n) is 19.3. The summed E-state index contributed by atoms with van der Waals surface area (Å²) in [6.45, 7) is 9.21. The van der Waals surface area contributed by atoms with Crippen molar-refractivity contribution in [2.45, 2.75) is 52.6 Å². The van der Waals surface area contributed by atoms with Crippen molar-refractivity contribution < 1.29 is 14.4 Å². The molecule has 2 atom stereocenters. The number of nitrogens with zero attached hydrogens (tertiary/aromatic N) is 1. The van der Waals surface area contributed by atoms with Gasteiger partial charge in [-0.3, -0.25) is 14.4 Å². The number of thiophene rings is 1. The Bertz CT molecular complexity index is 916. The minimum atomic E-state index is -0.623. The molecule has 1 aromatic carbocycles. The van der Waals surface area contributed by atoms with E-state index in [4.69, 9.17) is 0 Å². The van der Waals surface area contributed by atoms with E-state index in [0.29, 0.717) is 42.3 Å². The molecule has 32 heavy (non-hydrogen) atoms. The number of aryl methyl sites for hydroxylation is 1. The molecule has 2 unspecified atom stereocenters. The van der Waals surface area contributed by atoms with Crippen molar-refractivity contribution in [2.75, 3.05) is 13.1 Å². The van der Waals surface area contributed by atoms with Crippen molar-refractivity contribution in [2.24, 2.45) is 11.8 Å². The quantitative estimate of drug-likeness (QED) is 0.665. The van der Waals surface area contributed by atoms with Gasteiger partial charge in [-0.15, -0.1) is 11.3 Å². The van der Waals surface area contributed by atoms with Crippen LogP contribution in [-0.2, 0) is 4.79 Å². The fourth-order valence-electron chi connectivity index (χ4n) is 3.81. The molecule has 7 heteroatoms. The first-order valence-corrected chi connectivity index (χ1v) is 12.1. The summed E-state index contributed by atoms with van der Waals surface area (Å²) in [6, 6.07) is 10.6. The van der Waals surface area contributed by atoms with E-state index in [9.17, 15) is 14.4 Å². The largest absolute Gasteiger partial charge is 0.352 e. The summed E-state index contributed by atoms with van der Waals surface area (Å²) in [4.78, 5) is 41.1. The van der Waals surface area contributed by atoms with Crippen LogP contribution in [0.25, 0.3) is 0 Å². The molecule has 0 saturated carbocycles. The zero-order valence-corrected chi connectivity index (χ0v) is 20.1. The minimum absolute atomic E-state index is 0.00634. The Hall–Kier alpha value is -2.67. The predicted molar refractivity (Wildman–Crippen MR) is 128 cm³/mol. The topological polar surface area (TPSA) is 78.5 Å². The SMILES string of the molecule is Cc1ccc(C(=O)N2CCC(C(NC(=O)c3cccs3)C(=O)NC(C)C(C)C)CC2)cc1. The van der Waals surface area contributed by atoms with Gasteiger partial charge in [0.25, 0.3) is 11.8 Å². The number of hydrogen-bond acceptors (Lipinski definition) is 4. The number of nitrogens with one attached hydrogen (secondary N) is 2. The first-order valence-electron chi connectivity index (χ1n) is 11.3. The maximum absolute atomic E-state index is 13.1. The molecule has 0 spiro atoms. The molecule has 6 nitrogen and oxygen atoms in total. The highest BCUT2D eigenvalue weighted by molar-refractivity contribution is 7.12. The number of carbonyl (C=O) groups is 3. The highest BCUT2D eigenvalue weighted by Gasteiger charge is 2.35. The van der Waals surface area contributed by atoms with Gasteiger partial charge in [0.1, 0.15) is 6.04 Å². The lowest BCUT2D eigenvalue weighted by atomic mass is 9.88. The van der Waals surface area contributed by atoms with Crippen LogP contribution in [0.4, 0.5) is 0 Å². The summed E-state index contributed by atoms with van der Waals surface area (Å²) in [5.74, 6) is -0.0997. The van der Waals surface area contributed by atoms with Crippen LogP contribution in [0.15, 0.2) is 41.8 Å². The molecule has 1 aliphatic rings. The smallest absolute Gasteiger partial charge is 0.262 e. The second-order valence-corrected chi connectivity index (χ2v) is 9.91. The van der Waals surface area contributed by atoms with Crippen molar-refractivity contribution >= 4 is 29.1 Å². The van der Waals surface area contributed by atoms with Crippen LogP contribution in [-0.4, -0.2) is 47.8 Å². The van der Waals surface area contributed by atoms with Crippen molar-refractivity contribution in [3.63, 3.8) is 0 Å². The molecule has 0 aliphatic carbocycles. The second kappa shape index (κ2) is 10.8. The summed E-state index contributed by atoms with van der Waals surface area (Å²) < 4.78 is 0. The van der Waals surface area contributed by atoms with Crippen molar-refractivity contribution in [1.29, 1.82) is 0 Å². The lowest BCUT2D eigenvalue weighted by Crippen LogP contribution is -2.55. The molecule has 2 N–H and O–H groups in total. The Morgan fingerprint density at radius 3 is 2.22 bits per heavy atom. The van der Waals surface area contributed by atoms with E-state index >= 15 is 0 Å². The molecule has 3 amide bonds. The molecular formula is C25H33N3O3S. The standard InChI is InChI=1S/C25H33N3O3S/c1-16(2)18(4)26-24(30)22(27-23(29)21-6-5-15-32-21)19-11-13-28(14-12-19)25(31)20-9-7-17(3)8-10-20/h5-10,15-16,18-19,22H,11-14H2,1-4H3,(H,26,30)(H,27,29). The summed E-state index contributed by atoms with van der Waals surface area (Å²) in [7, 11) is 0. The first-order chi connectivity index (χ1) is 15.3. The number of carbonyl (C=O) groups excluding carboxylic acids is 3. The van der Waals surface area contributed by atoms with E-state index in [2.05, 4.69) is 24.5 Å². The summed E-state index contributed by atoms with van der Waals surface area (Å²) in [6.07, 6.45) is 1.33. The van der Waals surface area contributed by atoms with Crippen LogP contribution in [0, 0.1) is 18.8 Å². The van der Waals surface area contributed by atoms with E-state index in [1.807, 2.05) is 54.5 Å². The van der Waals surface area contributed by atoms with Gasteiger partial charge in [-0.2, -0.15) is 0 Å². The Balaban J connectivity index is 1.68. The van der Waals surface area contributed by atoms with Gasteiger partial charge >= 0.3 is 0 Å². The fourth-order valence-corrected chi connectivity index (χ4v) is 4.44. The van der Waals surface area contributed by atoms with Crippen LogP contribution in [0.2, 0.25) is 0 Å². The number of benzene rings is 1. The van der Waals surface area contributed by atoms with Gasteiger partial charge in [-0.05, 0) is 62.1 Å². The molecule has 3 rings (SSSR count). The van der Waals surface area contributed by atoms with E-state index in [-0.39, 0.29) is 29.7 Å². The average Bonchev–Trinajstić information content (AvgIpc) is 3.32. The van der Waals surface area contributed by atoms with E-state index < -0.39 is 6.04 Å². The Morgan fingerprint density at radius 2 is 1.66 bits per heavy atom. The highest BCUT2D eigenvalue weighted by Crippen LogP contribution is 2.24. The molecule has 1 saturated heterocycles. The van der Waals surface area contributed by atoms with Crippen molar-refractivity contribution in [3.05, 3.63) is 57.8 Å². The normalized spacial score (nSPS) is 16.5. The second-order valence-electron chi connectivity index (χ2n) is 8.97. The Morgan fingerprint density at radius 1 is 1.00 bits per heavy atom. The third-order valence-electron chi connectivity index (χ3n) is 6.28. The number of likely N-dealkylation sites (tertiary alicyclic amines) is 1. The van der Waals surface area contributed by atoms with Gasteiger partial charge in [0.15, 0.2) is 0 Å². The van der Waals surface area contributed by atoms with Gasteiger partial charge in [-0.25, -0.2) is 0 Å². The van der Waals surface area contributed by atoms with Crippen LogP contribution >= 0.6 is 11.3 Å². The van der Waals surface area contributed by atoms with E-state index in [0.717, 1.165) is 5.56 Å². The van der Waals surface area contributed by atoms with Crippen LogP contribution < -0.4 is 10.6 Å². The number of rotatable bonds is 7. The highest BCUT2D eigenvalue weighted by atomic mass is 32.1. The van der Waals surface area contributed by atoms with E-state index in [1.165, 1.54) is 11.3 Å². The average molecular weight is 456 g/mol.